The van der Waals surface area contributed by atoms with E-state index in [0.29, 0.717) is 0 Å². The van der Waals surface area contributed by atoms with Crippen molar-refractivity contribution >= 4 is 142 Å². The van der Waals surface area contributed by atoms with Gasteiger partial charge in [0.2, 0.25) is 0 Å². The highest BCUT2D eigenvalue weighted by molar-refractivity contribution is 6.18. The molecule has 0 spiro atoms. The van der Waals surface area contributed by atoms with Gasteiger partial charge < -0.3 is 27.4 Å². The highest BCUT2D eigenvalue weighted by Gasteiger charge is 2.24. The van der Waals surface area contributed by atoms with Crippen LogP contribution in [0.5, 0.6) is 0 Å². The fraction of sp³-hybridized carbons (Fsp3) is 0. The van der Waals surface area contributed by atoms with Gasteiger partial charge in [-0.1, -0.05) is 340 Å². The average molecular weight is 1730 g/mol. The lowest BCUT2D eigenvalue weighted by Gasteiger charge is -2.14. The number of aromatic nitrogens is 6. The summed E-state index contributed by atoms with van der Waals surface area (Å²) < 4.78 is 14.4. The molecule has 0 aliphatic heterocycles. The molecule has 0 radical (unpaired) electrons. The summed E-state index contributed by atoms with van der Waals surface area (Å²) in [5, 5.41) is 17.6. The van der Waals surface area contributed by atoms with Crippen LogP contribution >= 0.6 is 0 Å². The number of benzene rings is 22. The molecule has 0 fully saturated rings. The summed E-state index contributed by atoms with van der Waals surface area (Å²) in [6.07, 6.45) is 0. The van der Waals surface area contributed by atoms with Gasteiger partial charge in [-0.2, -0.15) is 0 Å². The highest BCUT2D eigenvalue weighted by atomic mass is 15.0. The third-order valence-corrected chi connectivity index (χ3v) is 27.7. The van der Waals surface area contributed by atoms with Crippen molar-refractivity contribution in [1.29, 1.82) is 0 Å². The van der Waals surface area contributed by atoms with Crippen LogP contribution in [0.25, 0.3) is 242 Å². The Bertz CT molecular complexity index is 9310. The standard InChI is InChI=1S/C48H32N2.C42H28N2.C40H26N2/c1-5-13-33(14-6-1)35-21-25-45-41(29-35)43-31-37(23-27-47(43)49(45)39-17-9-3-10-18-39)38-24-28-48-44(32-38)42-30-36(34-15-7-2-8-16-34)22-26-46(42)50(48)40-19-11-4-12-20-40;1-3-13-29(14-4-1)33-17-7-10-20-38(33)44-40-22-12-9-19-35(40)37-28-31(24-26-42(37)44)30-23-25-41-36(27-30)34-18-8-11-21-39(34)43(41)32-15-5-2-6-16-32;1-2-13-30(14-3-1)41-37-18-8-6-16-32(37)34-25-28(21-23-39(34)41)29-22-24-40-35(26-29)33-17-7-9-19-38(33)42(40)36-20-10-12-27-11-4-5-15-31(27)36/h1-32H;1-28H;1-26H. The first-order chi connectivity index (χ1) is 67.5. The van der Waals surface area contributed by atoms with E-state index < -0.39 is 0 Å². The minimum Gasteiger partial charge on any atom is -0.309 e. The van der Waals surface area contributed by atoms with Crippen LogP contribution in [0.2, 0.25) is 0 Å². The SMILES string of the molecule is c1ccc(-c2ccc3c(c2)c2cc(-c4ccc5c(c4)c4cc(-c6ccccc6)ccc4n5-c4ccccc4)ccc2n3-c2ccccc2)cc1.c1ccc(-c2ccccc2-n2c3ccccc3c3cc(-c4ccc5c(c4)c4ccccc4n5-c4ccccc4)ccc32)cc1.c1ccc(-n2c3ccccc3c3cc(-c4ccc5c(c4)c4ccccc4n5-c4cccc5ccccc45)ccc32)cc1. The zero-order valence-electron chi connectivity index (χ0n) is 74.3. The Morgan fingerprint density at radius 1 is 0.103 bits per heavy atom. The molecule has 6 aromatic heterocycles. The fourth-order valence-electron chi connectivity index (χ4n) is 21.5. The van der Waals surface area contributed by atoms with Crippen LogP contribution in [0.4, 0.5) is 0 Å². The van der Waals surface area contributed by atoms with Crippen molar-refractivity contribution in [3.63, 3.8) is 0 Å². The van der Waals surface area contributed by atoms with Gasteiger partial charge in [-0.3, -0.25) is 0 Å². The van der Waals surface area contributed by atoms with Gasteiger partial charge in [-0.25, -0.2) is 0 Å². The van der Waals surface area contributed by atoms with Crippen LogP contribution in [0.15, 0.2) is 522 Å². The maximum atomic E-state index is 2.42. The summed E-state index contributed by atoms with van der Waals surface area (Å²) in [6.45, 7) is 0. The van der Waals surface area contributed by atoms with Crippen molar-refractivity contribution in [3.8, 4) is 101 Å². The van der Waals surface area contributed by atoms with Gasteiger partial charge in [-0.15, -0.1) is 0 Å². The van der Waals surface area contributed by atoms with Gasteiger partial charge in [0.05, 0.1) is 77.6 Å². The van der Waals surface area contributed by atoms with E-state index in [1.54, 1.807) is 0 Å². The molecule has 0 unspecified atom stereocenters. The highest BCUT2D eigenvalue weighted by Crippen LogP contribution is 2.46. The van der Waals surface area contributed by atoms with Crippen LogP contribution in [0, 0.1) is 0 Å². The monoisotopic (exact) mass is 1730 g/mol. The molecule has 22 aromatic carbocycles. The van der Waals surface area contributed by atoms with Crippen LogP contribution in [-0.4, -0.2) is 27.4 Å². The number of hydrogen-bond donors (Lipinski definition) is 0. The van der Waals surface area contributed by atoms with Crippen molar-refractivity contribution in [3.05, 3.63) is 522 Å². The number of hydrogen-bond acceptors (Lipinski definition) is 0. The molecule has 0 bridgehead atoms. The Labute approximate surface area is 786 Å². The summed E-state index contributed by atoms with van der Waals surface area (Å²) in [6, 6.07) is 189. The van der Waals surface area contributed by atoms with E-state index in [0.717, 1.165) is 11.4 Å². The van der Waals surface area contributed by atoms with E-state index in [4.69, 9.17) is 0 Å². The molecule has 0 saturated carbocycles. The van der Waals surface area contributed by atoms with Crippen LogP contribution in [0.1, 0.15) is 0 Å². The van der Waals surface area contributed by atoms with Crippen molar-refractivity contribution in [1.82, 2.24) is 27.4 Å². The predicted molar refractivity (Wildman–Crippen MR) is 575 cm³/mol. The lowest BCUT2D eigenvalue weighted by Crippen LogP contribution is -1.97. The predicted octanol–water partition coefficient (Wildman–Crippen LogP) is 34.8. The number of nitrogens with zero attached hydrogens (tertiary/aromatic N) is 6. The number of fused-ring (bicyclic) bond motifs is 19. The zero-order chi connectivity index (χ0) is 89.7. The van der Waals surface area contributed by atoms with Crippen molar-refractivity contribution in [2.24, 2.45) is 0 Å². The van der Waals surface area contributed by atoms with E-state index in [9.17, 15) is 0 Å². The molecule has 0 saturated heterocycles. The molecule has 0 aliphatic rings. The molecule has 28 aromatic rings. The maximum absolute atomic E-state index is 2.42. The van der Waals surface area contributed by atoms with E-state index in [1.165, 1.54) is 231 Å². The quantitative estimate of drug-likeness (QED) is 0.117. The lowest BCUT2D eigenvalue weighted by atomic mass is 9.98. The Hall–Kier alpha value is -18.1. The Kier molecular flexibility index (Phi) is 19.2. The minimum atomic E-state index is 1.16. The molecule has 6 heterocycles. The molecule has 636 valence electrons. The molecule has 28 rings (SSSR count). The summed E-state index contributed by atoms with van der Waals surface area (Å²) >= 11 is 0. The molecular formula is C130H86N6. The first-order valence-corrected chi connectivity index (χ1v) is 46.8. The van der Waals surface area contributed by atoms with E-state index in [1.807, 2.05) is 0 Å². The third-order valence-electron chi connectivity index (χ3n) is 27.7. The van der Waals surface area contributed by atoms with Gasteiger partial charge >= 0.3 is 0 Å². The molecule has 136 heavy (non-hydrogen) atoms. The maximum Gasteiger partial charge on any atom is 0.0541 e. The summed E-state index contributed by atoms with van der Waals surface area (Å²) in [4.78, 5) is 0. The minimum absolute atomic E-state index is 1.16. The van der Waals surface area contributed by atoms with Gasteiger partial charge in [0, 0.05) is 98.3 Å². The largest absolute Gasteiger partial charge is 0.309 e. The van der Waals surface area contributed by atoms with Crippen molar-refractivity contribution in [2.45, 2.75) is 0 Å². The van der Waals surface area contributed by atoms with E-state index >= 15 is 0 Å². The molecular weight excluding hydrogens is 1650 g/mol. The van der Waals surface area contributed by atoms with E-state index in [2.05, 4.69) is 549 Å². The topological polar surface area (TPSA) is 29.6 Å². The average Bonchev–Trinajstić information content (AvgIpc) is 1.75. The zero-order valence-corrected chi connectivity index (χ0v) is 74.3. The van der Waals surface area contributed by atoms with Crippen LogP contribution in [0.3, 0.4) is 0 Å². The molecule has 6 heteroatoms. The third kappa shape index (κ3) is 13.4. The molecule has 6 nitrogen and oxygen atoms in total. The Morgan fingerprint density at radius 2 is 0.301 bits per heavy atom. The Morgan fingerprint density at radius 3 is 0.618 bits per heavy atom. The summed E-state index contributed by atoms with van der Waals surface area (Å²) in [7, 11) is 0. The molecule has 0 atom stereocenters. The van der Waals surface area contributed by atoms with Crippen LogP contribution in [-0.2, 0) is 0 Å². The normalized spacial score (nSPS) is 11.7. The van der Waals surface area contributed by atoms with Gasteiger partial charge in [0.25, 0.3) is 0 Å². The molecule has 0 aliphatic carbocycles. The second-order valence-corrected chi connectivity index (χ2v) is 35.4. The smallest absolute Gasteiger partial charge is 0.0541 e. The first kappa shape index (κ1) is 78.9. The number of rotatable bonds is 12. The molecule has 0 N–H and O–H groups in total. The van der Waals surface area contributed by atoms with Gasteiger partial charge in [-0.05, 0) is 249 Å². The second kappa shape index (κ2) is 33.1. The van der Waals surface area contributed by atoms with Gasteiger partial charge in [0.15, 0.2) is 0 Å². The fourth-order valence-corrected chi connectivity index (χ4v) is 21.5. The van der Waals surface area contributed by atoms with Gasteiger partial charge in [0.1, 0.15) is 0 Å². The van der Waals surface area contributed by atoms with Crippen molar-refractivity contribution in [2.75, 3.05) is 0 Å². The number of para-hydroxylation sites is 9. The van der Waals surface area contributed by atoms with Crippen LogP contribution < -0.4 is 0 Å². The second-order valence-electron chi connectivity index (χ2n) is 35.4. The summed E-state index contributed by atoms with van der Waals surface area (Å²) in [5.41, 5.74) is 36.3. The summed E-state index contributed by atoms with van der Waals surface area (Å²) in [5.74, 6) is 0. The van der Waals surface area contributed by atoms with Crippen molar-refractivity contribution < 1.29 is 0 Å². The Balaban J connectivity index is 0.000000106. The first-order valence-electron chi connectivity index (χ1n) is 46.8. The lowest BCUT2D eigenvalue weighted by molar-refractivity contribution is 1.18. The molecule has 0 amide bonds. The van der Waals surface area contributed by atoms with E-state index in [-0.39, 0.29) is 0 Å².